The summed E-state index contributed by atoms with van der Waals surface area (Å²) in [4.78, 5) is 13.1. The van der Waals surface area contributed by atoms with Gasteiger partial charge in [0, 0.05) is 34.5 Å². The number of thiophene rings is 1. The number of rotatable bonds is 6. The van der Waals surface area contributed by atoms with Crippen molar-refractivity contribution in [3.8, 4) is 0 Å². The highest BCUT2D eigenvalue weighted by Crippen LogP contribution is 2.17. The van der Waals surface area contributed by atoms with E-state index in [0.717, 1.165) is 15.8 Å². The summed E-state index contributed by atoms with van der Waals surface area (Å²) in [6.45, 7) is 0.874. The molecule has 0 aliphatic rings. The van der Waals surface area contributed by atoms with Crippen LogP contribution in [0.4, 0.5) is 8.78 Å². The lowest BCUT2D eigenvalue weighted by Gasteiger charge is -2.05. The number of hydrogen-bond donors (Lipinski definition) is 1. The van der Waals surface area contributed by atoms with Crippen LogP contribution in [0.1, 0.15) is 15.3 Å². The first-order valence-electron chi connectivity index (χ1n) is 6.37. The average Bonchev–Trinajstić information content (AvgIpc) is 2.88. The molecule has 3 nitrogen and oxygen atoms in total. The molecule has 6 heteroatoms. The summed E-state index contributed by atoms with van der Waals surface area (Å²) < 4.78 is 30.8. The lowest BCUT2D eigenvalue weighted by Crippen LogP contribution is -2.13. The molecule has 0 saturated carbocycles. The van der Waals surface area contributed by atoms with Crippen LogP contribution in [-0.2, 0) is 29.0 Å². The number of nitrogens with one attached hydrogen (secondary N) is 1. The fourth-order valence-corrected chi connectivity index (χ4v) is 2.79. The Hall–Kier alpha value is -1.79. The van der Waals surface area contributed by atoms with Gasteiger partial charge in [-0.05, 0) is 18.2 Å². The smallest absolute Gasteiger partial charge is 0.310 e. The molecule has 1 aromatic heterocycles. The quantitative estimate of drug-likeness (QED) is 0.833. The second-order valence-electron chi connectivity index (χ2n) is 4.46. The van der Waals surface area contributed by atoms with Crippen LogP contribution in [0.25, 0.3) is 0 Å². The molecule has 1 heterocycles. The highest BCUT2D eigenvalue weighted by molar-refractivity contribution is 7.12. The van der Waals surface area contributed by atoms with Crippen molar-refractivity contribution in [1.82, 2.24) is 5.32 Å². The maximum atomic E-state index is 13.4. The molecule has 112 valence electrons. The van der Waals surface area contributed by atoms with Crippen molar-refractivity contribution in [2.75, 3.05) is 7.11 Å². The Morgan fingerprint density at radius 2 is 1.95 bits per heavy atom. The molecule has 0 fully saturated rings. The van der Waals surface area contributed by atoms with Crippen molar-refractivity contribution < 1.29 is 18.3 Å². The molecule has 0 unspecified atom stereocenters. The third-order valence-corrected chi connectivity index (χ3v) is 3.98. The van der Waals surface area contributed by atoms with Crippen LogP contribution >= 0.6 is 11.3 Å². The van der Waals surface area contributed by atoms with Crippen LogP contribution in [0.2, 0.25) is 0 Å². The Morgan fingerprint density at radius 3 is 2.67 bits per heavy atom. The van der Waals surface area contributed by atoms with E-state index in [-0.39, 0.29) is 12.4 Å². The predicted octanol–water partition coefficient (Wildman–Crippen LogP) is 3.03. The van der Waals surface area contributed by atoms with Crippen molar-refractivity contribution in [3.63, 3.8) is 0 Å². The Labute approximate surface area is 125 Å². The van der Waals surface area contributed by atoms with Gasteiger partial charge in [0.05, 0.1) is 13.5 Å². The number of esters is 1. The maximum absolute atomic E-state index is 13.4. The van der Waals surface area contributed by atoms with Gasteiger partial charge >= 0.3 is 5.97 Å². The van der Waals surface area contributed by atoms with E-state index in [1.54, 1.807) is 0 Å². The van der Waals surface area contributed by atoms with Gasteiger partial charge in [0.2, 0.25) is 0 Å². The lowest BCUT2D eigenvalue weighted by molar-refractivity contribution is -0.139. The molecule has 0 spiro atoms. The van der Waals surface area contributed by atoms with E-state index in [1.807, 2.05) is 12.1 Å². The van der Waals surface area contributed by atoms with Gasteiger partial charge in [-0.3, -0.25) is 4.79 Å². The normalized spacial score (nSPS) is 10.6. The minimum atomic E-state index is -0.582. The largest absolute Gasteiger partial charge is 0.469 e. The van der Waals surface area contributed by atoms with Gasteiger partial charge in [-0.1, -0.05) is 6.07 Å². The Kier molecular flexibility index (Phi) is 5.41. The number of ether oxygens (including phenoxy) is 1. The van der Waals surface area contributed by atoms with Gasteiger partial charge in [0.1, 0.15) is 11.6 Å². The molecule has 1 aromatic carbocycles. The molecular formula is C15H15F2NO2S. The Morgan fingerprint density at radius 1 is 1.19 bits per heavy atom. The van der Waals surface area contributed by atoms with Gasteiger partial charge < -0.3 is 10.1 Å². The van der Waals surface area contributed by atoms with Crippen LogP contribution in [0.5, 0.6) is 0 Å². The summed E-state index contributed by atoms with van der Waals surface area (Å²) in [6.07, 6.45) is 0.258. The van der Waals surface area contributed by atoms with Crippen LogP contribution < -0.4 is 5.32 Å². The van der Waals surface area contributed by atoms with Crippen molar-refractivity contribution in [2.45, 2.75) is 19.5 Å². The molecule has 0 aliphatic carbocycles. The molecule has 1 N–H and O–H groups in total. The molecule has 0 bridgehead atoms. The fraction of sp³-hybridized carbons (Fsp3) is 0.267. The van der Waals surface area contributed by atoms with Crippen molar-refractivity contribution in [1.29, 1.82) is 0 Å². The summed E-state index contributed by atoms with van der Waals surface area (Å²) in [5.41, 5.74) is 0.419. The molecule has 21 heavy (non-hydrogen) atoms. The number of carbonyl (C=O) groups is 1. The van der Waals surface area contributed by atoms with Crippen molar-refractivity contribution in [3.05, 3.63) is 57.3 Å². The molecule has 2 rings (SSSR count). The minimum Gasteiger partial charge on any atom is -0.469 e. The molecule has 0 aliphatic heterocycles. The van der Waals surface area contributed by atoms with Gasteiger partial charge in [-0.15, -0.1) is 11.3 Å². The first kappa shape index (κ1) is 15.6. The third kappa shape index (κ3) is 4.61. The topological polar surface area (TPSA) is 38.3 Å². The number of carbonyl (C=O) groups excluding carboxylic acids is 1. The minimum absolute atomic E-state index is 0.258. The second kappa shape index (κ2) is 7.28. The van der Waals surface area contributed by atoms with E-state index < -0.39 is 11.6 Å². The maximum Gasteiger partial charge on any atom is 0.310 e. The second-order valence-corrected chi connectivity index (χ2v) is 5.71. The first-order valence-corrected chi connectivity index (χ1v) is 7.19. The Bertz CT molecular complexity index is 628. The predicted molar refractivity (Wildman–Crippen MR) is 76.9 cm³/mol. The van der Waals surface area contributed by atoms with E-state index in [1.165, 1.54) is 30.6 Å². The summed E-state index contributed by atoms with van der Waals surface area (Å²) >= 11 is 1.50. The molecule has 0 atom stereocenters. The van der Waals surface area contributed by atoms with Gasteiger partial charge in [0.25, 0.3) is 0 Å². The van der Waals surface area contributed by atoms with Crippen molar-refractivity contribution in [2.24, 2.45) is 0 Å². The van der Waals surface area contributed by atoms with E-state index in [4.69, 9.17) is 0 Å². The third-order valence-electron chi connectivity index (χ3n) is 2.89. The molecule has 0 amide bonds. The highest BCUT2D eigenvalue weighted by Gasteiger charge is 2.07. The van der Waals surface area contributed by atoms with Crippen molar-refractivity contribution >= 4 is 17.3 Å². The molecular weight excluding hydrogens is 296 g/mol. The van der Waals surface area contributed by atoms with E-state index in [9.17, 15) is 13.6 Å². The van der Waals surface area contributed by atoms with E-state index >= 15 is 0 Å². The summed E-state index contributed by atoms with van der Waals surface area (Å²) in [6, 6.07) is 7.32. The van der Waals surface area contributed by atoms with Gasteiger partial charge in [-0.25, -0.2) is 8.78 Å². The summed E-state index contributed by atoms with van der Waals surface area (Å²) in [7, 11) is 1.36. The summed E-state index contributed by atoms with van der Waals surface area (Å²) in [5, 5.41) is 3.09. The number of halogens is 2. The lowest BCUT2D eigenvalue weighted by atomic mass is 10.2. The monoisotopic (exact) mass is 311 g/mol. The van der Waals surface area contributed by atoms with Crippen LogP contribution in [0.3, 0.4) is 0 Å². The van der Waals surface area contributed by atoms with E-state index in [2.05, 4.69) is 10.1 Å². The molecule has 0 saturated heterocycles. The highest BCUT2D eigenvalue weighted by atomic mass is 32.1. The number of hydrogen-bond acceptors (Lipinski definition) is 4. The number of methoxy groups -OCH3 is 1. The molecule has 2 aromatic rings. The Balaban J connectivity index is 1.84. The first-order chi connectivity index (χ1) is 10.1. The zero-order valence-corrected chi connectivity index (χ0v) is 12.3. The van der Waals surface area contributed by atoms with Crippen LogP contribution in [0.15, 0.2) is 30.3 Å². The summed E-state index contributed by atoms with van der Waals surface area (Å²) in [5.74, 6) is -1.41. The zero-order valence-electron chi connectivity index (χ0n) is 11.5. The van der Waals surface area contributed by atoms with Crippen LogP contribution in [0, 0.1) is 11.6 Å². The van der Waals surface area contributed by atoms with E-state index in [0.29, 0.717) is 18.7 Å². The number of benzene rings is 1. The van der Waals surface area contributed by atoms with Gasteiger partial charge in [-0.2, -0.15) is 0 Å². The SMILES string of the molecule is COC(=O)Cc1ccc(CNCc2ccc(F)cc2F)s1. The zero-order chi connectivity index (χ0) is 15.2. The molecule has 0 radical (unpaired) electrons. The average molecular weight is 311 g/mol. The standard InChI is InChI=1S/C15H15F2NO2S/c1-20-15(19)7-12-4-5-13(21-12)9-18-8-10-2-3-11(16)6-14(10)17/h2-6,18H,7-9H2,1H3. The fourth-order valence-electron chi connectivity index (χ4n) is 1.81. The van der Waals surface area contributed by atoms with Gasteiger partial charge in [0.15, 0.2) is 0 Å². The van der Waals surface area contributed by atoms with Crippen LogP contribution in [-0.4, -0.2) is 13.1 Å².